The molecule has 0 unspecified atom stereocenters. The lowest BCUT2D eigenvalue weighted by atomic mass is 10.1. The highest BCUT2D eigenvalue weighted by Gasteiger charge is 2.17. The molecule has 42 heavy (non-hydrogen) atoms. The Kier molecular flexibility index (Phi) is 7.74. The number of rotatable bonds is 9. The molecule has 4 aromatic carbocycles. The predicted molar refractivity (Wildman–Crippen MR) is 170 cm³/mol. The minimum atomic E-state index is -0.235. The van der Waals surface area contributed by atoms with Crippen molar-refractivity contribution in [1.82, 2.24) is 24.8 Å². The number of aromatic nitrogens is 4. The maximum atomic E-state index is 12.8. The Morgan fingerprint density at radius 2 is 1.71 bits per heavy atom. The van der Waals surface area contributed by atoms with Gasteiger partial charge in [0.15, 0.2) is 11.0 Å². The SMILES string of the molecule is CCn1c2ccccc2c2cc(C=NNC(=O)CSc3nnc(-c4ccc(C)cc4)n3-c3ccc(OC)cc3)ccc21. The Morgan fingerprint density at radius 1 is 0.952 bits per heavy atom. The monoisotopic (exact) mass is 574 g/mol. The number of hydrogen-bond donors (Lipinski definition) is 1. The number of hydrazone groups is 1. The van der Waals surface area contributed by atoms with Gasteiger partial charge in [0.2, 0.25) is 0 Å². The summed E-state index contributed by atoms with van der Waals surface area (Å²) in [5.41, 5.74) is 8.93. The van der Waals surface area contributed by atoms with E-state index in [1.54, 1.807) is 13.3 Å². The van der Waals surface area contributed by atoms with Crippen molar-refractivity contribution in [3.8, 4) is 22.8 Å². The Balaban J connectivity index is 1.18. The molecular weight excluding hydrogens is 544 g/mol. The number of benzene rings is 4. The molecule has 2 heterocycles. The first-order valence-electron chi connectivity index (χ1n) is 13.7. The van der Waals surface area contributed by atoms with Crippen LogP contribution in [0.25, 0.3) is 38.9 Å². The summed E-state index contributed by atoms with van der Waals surface area (Å²) in [5.74, 6) is 1.34. The van der Waals surface area contributed by atoms with Gasteiger partial charge in [-0.25, -0.2) is 5.43 Å². The number of nitrogens with one attached hydrogen (secondary N) is 1. The van der Waals surface area contributed by atoms with Gasteiger partial charge >= 0.3 is 0 Å². The number of carbonyl (C=O) groups is 1. The van der Waals surface area contributed by atoms with E-state index in [-0.39, 0.29) is 11.7 Å². The average Bonchev–Trinajstić information content (AvgIpc) is 3.59. The second-order valence-corrected chi connectivity index (χ2v) is 10.8. The van der Waals surface area contributed by atoms with Crippen molar-refractivity contribution in [2.75, 3.05) is 12.9 Å². The number of hydrogen-bond acceptors (Lipinski definition) is 6. The van der Waals surface area contributed by atoms with Crippen LogP contribution in [0.2, 0.25) is 0 Å². The predicted octanol–water partition coefficient (Wildman–Crippen LogP) is 6.62. The molecule has 0 bridgehead atoms. The molecular formula is C33H30N6O2S. The van der Waals surface area contributed by atoms with Crippen LogP contribution in [0.15, 0.2) is 101 Å². The molecule has 8 nitrogen and oxygen atoms in total. The Bertz CT molecular complexity index is 1910. The Hall–Kier alpha value is -4.89. The van der Waals surface area contributed by atoms with Crippen LogP contribution in [0.5, 0.6) is 5.75 Å². The second-order valence-electron chi connectivity index (χ2n) is 9.83. The second kappa shape index (κ2) is 11.9. The van der Waals surface area contributed by atoms with Crippen LogP contribution in [0, 0.1) is 6.92 Å². The maximum Gasteiger partial charge on any atom is 0.250 e. The summed E-state index contributed by atoms with van der Waals surface area (Å²) in [6.45, 7) is 5.09. The normalized spacial score (nSPS) is 11.5. The van der Waals surface area contributed by atoms with Crippen molar-refractivity contribution in [3.63, 3.8) is 0 Å². The van der Waals surface area contributed by atoms with E-state index in [2.05, 4.69) is 68.6 Å². The molecule has 6 aromatic rings. The molecule has 0 aliphatic heterocycles. The summed E-state index contributed by atoms with van der Waals surface area (Å²) in [4.78, 5) is 12.8. The zero-order valence-electron chi connectivity index (χ0n) is 23.6. The number of carbonyl (C=O) groups excluding carboxylic acids is 1. The minimum Gasteiger partial charge on any atom is -0.497 e. The number of thioether (sulfide) groups is 1. The van der Waals surface area contributed by atoms with E-state index in [4.69, 9.17) is 4.74 Å². The van der Waals surface area contributed by atoms with Crippen LogP contribution < -0.4 is 10.2 Å². The first-order valence-corrected chi connectivity index (χ1v) is 14.7. The van der Waals surface area contributed by atoms with Crippen molar-refractivity contribution in [3.05, 3.63) is 102 Å². The van der Waals surface area contributed by atoms with Crippen molar-refractivity contribution in [2.45, 2.75) is 25.5 Å². The first kappa shape index (κ1) is 27.3. The van der Waals surface area contributed by atoms with E-state index in [0.29, 0.717) is 11.0 Å². The highest BCUT2D eigenvalue weighted by Crippen LogP contribution is 2.30. The van der Waals surface area contributed by atoms with E-state index in [1.807, 2.05) is 66.1 Å². The van der Waals surface area contributed by atoms with Crippen LogP contribution in [0.4, 0.5) is 0 Å². The lowest BCUT2D eigenvalue weighted by Gasteiger charge is -2.11. The summed E-state index contributed by atoms with van der Waals surface area (Å²) < 4.78 is 9.58. The molecule has 210 valence electrons. The third-order valence-corrected chi connectivity index (χ3v) is 8.05. The van der Waals surface area contributed by atoms with Crippen LogP contribution in [0.1, 0.15) is 18.1 Å². The van der Waals surface area contributed by atoms with Gasteiger partial charge < -0.3 is 9.30 Å². The first-order chi connectivity index (χ1) is 20.6. The number of ether oxygens (including phenoxy) is 1. The fraction of sp³-hybridized carbons (Fsp3) is 0.152. The van der Waals surface area contributed by atoms with Gasteiger partial charge in [-0.2, -0.15) is 5.10 Å². The highest BCUT2D eigenvalue weighted by atomic mass is 32.2. The number of amides is 1. The lowest BCUT2D eigenvalue weighted by molar-refractivity contribution is -0.118. The Morgan fingerprint density at radius 3 is 2.48 bits per heavy atom. The summed E-state index contributed by atoms with van der Waals surface area (Å²) in [5, 5.41) is 16.1. The van der Waals surface area contributed by atoms with Gasteiger partial charge in [-0.05, 0) is 61.9 Å². The third kappa shape index (κ3) is 5.38. The molecule has 0 atom stereocenters. The lowest BCUT2D eigenvalue weighted by Crippen LogP contribution is -2.20. The minimum absolute atomic E-state index is 0.128. The molecule has 0 fully saturated rings. The molecule has 0 aliphatic rings. The number of para-hydroxylation sites is 1. The van der Waals surface area contributed by atoms with Gasteiger partial charge in [0.05, 0.1) is 19.1 Å². The molecule has 6 rings (SSSR count). The number of methoxy groups -OCH3 is 1. The van der Waals surface area contributed by atoms with Crippen LogP contribution >= 0.6 is 11.8 Å². The largest absolute Gasteiger partial charge is 0.497 e. The Labute approximate surface area is 248 Å². The van der Waals surface area contributed by atoms with Gasteiger partial charge in [0, 0.05) is 39.6 Å². The number of nitrogens with zero attached hydrogens (tertiary/aromatic N) is 5. The fourth-order valence-corrected chi connectivity index (χ4v) is 5.79. The number of aryl methyl sites for hydroxylation is 2. The molecule has 0 radical (unpaired) electrons. The van der Waals surface area contributed by atoms with Crippen molar-refractivity contribution in [2.24, 2.45) is 5.10 Å². The zero-order chi connectivity index (χ0) is 29.1. The molecule has 9 heteroatoms. The third-order valence-electron chi connectivity index (χ3n) is 7.12. The average molecular weight is 575 g/mol. The van der Waals surface area contributed by atoms with Gasteiger partial charge in [-0.15, -0.1) is 10.2 Å². The molecule has 2 aromatic heterocycles. The standard InChI is InChI=1S/C33H30N6O2S/c1-4-38-29-8-6-5-7-27(29)28-19-23(11-18-30(28)38)20-34-35-31(40)21-42-33-37-36-32(24-12-9-22(2)10-13-24)39(33)25-14-16-26(41-3)17-15-25/h5-20H,4,21H2,1-3H3,(H,35,40). The molecule has 0 saturated heterocycles. The fourth-order valence-electron chi connectivity index (χ4n) is 5.05. The van der Waals surface area contributed by atoms with Crippen molar-refractivity contribution >= 4 is 45.7 Å². The summed E-state index contributed by atoms with van der Waals surface area (Å²) in [6.07, 6.45) is 1.68. The van der Waals surface area contributed by atoms with E-state index < -0.39 is 0 Å². The van der Waals surface area contributed by atoms with Crippen molar-refractivity contribution < 1.29 is 9.53 Å². The molecule has 1 N–H and O–H groups in total. The molecule has 1 amide bonds. The van der Waals surface area contributed by atoms with Gasteiger partial charge in [-0.1, -0.05) is 65.9 Å². The van der Waals surface area contributed by atoms with E-state index >= 15 is 0 Å². The number of fused-ring (bicyclic) bond motifs is 3. The smallest absolute Gasteiger partial charge is 0.250 e. The quantitative estimate of drug-likeness (QED) is 0.119. The van der Waals surface area contributed by atoms with Gasteiger partial charge in [-0.3, -0.25) is 9.36 Å². The topological polar surface area (TPSA) is 86.3 Å². The van der Waals surface area contributed by atoms with Gasteiger partial charge in [0.1, 0.15) is 5.75 Å². The van der Waals surface area contributed by atoms with Crippen LogP contribution in [-0.2, 0) is 11.3 Å². The maximum absolute atomic E-state index is 12.8. The van der Waals surface area contributed by atoms with Crippen LogP contribution in [-0.4, -0.2) is 44.3 Å². The van der Waals surface area contributed by atoms with Crippen molar-refractivity contribution in [1.29, 1.82) is 0 Å². The molecule has 0 aliphatic carbocycles. The molecule has 0 spiro atoms. The molecule has 0 saturated carbocycles. The summed E-state index contributed by atoms with van der Waals surface area (Å²) in [7, 11) is 1.64. The van der Waals surface area contributed by atoms with Crippen LogP contribution in [0.3, 0.4) is 0 Å². The van der Waals surface area contributed by atoms with E-state index in [1.165, 1.54) is 33.6 Å². The highest BCUT2D eigenvalue weighted by molar-refractivity contribution is 7.99. The van der Waals surface area contributed by atoms with E-state index in [9.17, 15) is 4.79 Å². The summed E-state index contributed by atoms with van der Waals surface area (Å²) in [6, 6.07) is 30.4. The van der Waals surface area contributed by atoms with Gasteiger partial charge in [0.25, 0.3) is 5.91 Å². The summed E-state index contributed by atoms with van der Waals surface area (Å²) >= 11 is 1.30. The van der Waals surface area contributed by atoms with E-state index in [0.717, 1.165) is 34.7 Å². The zero-order valence-corrected chi connectivity index (χ0v) is 24.4.